The van der Waals surface area contributed by atoms with E-state index in [1.54, 1.807) is 24.0 Å². The summed E-state index contributed by atoms with van der Waals surface area (Å²) in [5.74, 6) is -0.457. The lowest BCUT2D eigenvalue weighted by atomic mass is 9.63. The molecule has 0 radical (unpaired) electrons. The number of nitrogens with zero attached hydrogens (tertiary/aromatic N) is 2. The van der Waals surface area contributed by atoms with E-state index in [2.05, 4.69) is 27.3 Å². The van der Waals surface area contributed by atoms with Crippen molar-refractivity contribution in [2.24, 2.45) is 5.73 Å². The first-order valence-corrected chi connectivity index (χ1v) is 11.7. The van der Waals surface area contributed by atoms with Crippen LogP contribution in [0.2, 0.25) is 5.02 Å². The molecule has 5 rings (SSSR count). The molecule has 1 atom stereocenters. The number of carbonyl (C=O) groups is 2. The highest BCUT2D eigenvalue weighted by molar-refractivity contribution is 9.10. The van der Waals surface area contributed by atoms with Crippen molar-refractivity contribution in [3.05, 3.63) is 79.2 Å². The standard InChI is InChI=1S/C25H20BrClN4O2/c1-12-6-8-16(26)19(10-12)31-18-4-3-5-20(32)21(18)25(15(11-28)23(31)29)14-7-9-17(27)13(2)22(14)30-24(25)33/h6-10H,3-5,29H2,1-2H3,(H,30,33). The molecular formula is C25H20BrClN4O2. The Labute approximate surface area is 204 Å². The predicted molar refractivity (Wildman–Crippen MR) is 131 cm³/mol. The number of allylic oxidation sites excluding steroid dienone is 1. The lowest BCUT2D eigenvalue weighted by molar-refractivity contribution is -0.122. The molecule has 3 aliphatic rings. The first kappa shape index (κ1) is 21.7. The lowest BCUT2D eigenvalue weighted by Crippen LogP contribution is -2.50. The Balaban J connectivity index is 1.91. The number of anilines is 2. The van der Waals surface area contributed by atoms with E-state index in [0.29, 0.717) is 52.4 Å². The third kappa shape index (κ3) is 2.77. The molecule has 0 fully saturated rings. The second-order valence-corrected chi connectivity index (χ2v) is 9.82. The molecule has 8 heteroatoms. The van der Waals surface area contributed by atoms with Crippen molar-refractivity contribution < 1.29 is 9.59 Å². The summed E-state index contributed by atoms with van der Waals surface area (Å²) in [5, 5.41) is 13.7. The number of Topliss-reactive ketones (excluding diaryl/α,β-unsaturated/α-hetero) is 1. The molecule has 2 aliphatic heterocycles. The Hall–Kier alpha value is -3.08. The number of nitrogens with two attached hydrogens (primary N) is 1. The minimum atomic E-state index is -1.59. The molecule has 1 spiro atoms. The van der Waals surface area contributed by atoms with Gasteiger partial charge in [-0.25, -0.2) is 0 Å². The number of aryl methyl sites for hydroxylation is 1. The van der Waals surface area contributed by atoms with Crippen molar-refractivity contribution in [1.29, 1.82) is 5.26 Å². The van der Waals surface area contributed by atoms with Crippen LogP contribution >= 0.6 is 27.5 Å². The summed E-state index contributed by atoms with van der Waals surface area (Å²) in [4.78, 5) is 29.0. The number of hydrogen-bond donors (Lipinski definition) is 2. The average Bonchev–Trinajstić information content (AvgIpc) is 3.06. The zero-order chi connectivity index (χ0) is 23.7. The van der Waals surface area contributed by atoms with Gasteiger partial charge in [0.15, 0.2) is 5.78 Å². The number of nitriles is 1. The summed E-state index contributed by atoms with van der Waals surface area (Å²) in [5.41, 5.74) is 9.60. The zero-order valence-electron chi connectivity index (χ0n) is 18.1. The zero-order valence-corrected chi connectivity index (χ0v) is 20.4. The van der Waals surface area contributed by atoms with Crippen LogP contribution < -0.4 is 16.0 Å². The third-order valence-corrected chi connectivity index (χ3v) is 7.82. The van der Waals surface area contributed by atoms with Gasteiger partial charge in [-0.15, -0.1) is 0 Å². The van der Waals surface area contributed by atoms with Gasteiger partial charge in [-0.2, -0.15) is 5.26 Å². The Kier molecular flexibility index (Phi) is 4.93. The SMILES string of the molecule is Cc1ccc(Br)c(N2C(N)=C(C#N)C3(C(=O)Nc4c3ccc(Cl)c4C)C3=C2CCCC3=O)c1. The summed E-state index contributed by atoms with van der Waals surface area (Å²) in [6, 6.07) is 11.4. The van der Waals surface area contributed by atoms with E-state index in [9.17, 15) is 14.9 Å². The summed E-state index contributed by atoms with van der Waals surface area (Å²) in [6.45, 7) is 3.76. The summed E-state index contributed by atoms with van der Waals surface area (Å²) in [7, 11) is 0. The van der Waals surface area contributed by atoms with Gasteiger partial charge in [-0.1, -0.05) is 23.7 Å². The molecule has 2 heterocycles. The number of hydrogen-bond acceptors (Lipinski definition) is 5. The molecule has 1 unspecified atom stereocenters. The molecule has 0 saturated heterocycles. The number of fused-ring (bicyclic) bond motifs is 3. The monoisotopic (exact) mass is 522 g/mol. The van der Waals surface area contributed by atoms with Gasteiger partial charge in [0.2, 0.25) is 5.91 Å². The van der Waals surface area contributed by atoms with E-state index in [0.717, 1.165) is 15.7 Å². The maximum Gasteiger partial charge on any atom is 0.245 e. The van der Waals surface area contributed by atoms with Gasteiger partial charge in [0.1, 0.15) is 17.3 Å². The van der Waals surface area contributed by atoms with E-state index < -0.39 is 11.3 Å². The minimum Gasteiger partial charge on any atom is -0.384 e. The van der Waals surface area contributed by atoms with Crippen LogP contribution in [0.1, 0.15) is 36.0 Å². The highest BCUT2D eigenvalue weighted by Crippen LogP contribution is 2.56. The van der Waals surface area contributed by atoms with Gasteiger partial charge in [0.25, 0.3) is 0 Å². The number of halogens is 2. The lowest BCUT2D eigenvalue weighted by Gasteiger charge is -2.43. The van der Waals surface area contributed by atoms with E-state index in [4.69, 9.17) is 17.3 Å². The first-order chi connectivity index (χ1) is 15.7. The molecule has 6 nitrogen and oxygen atoms in total. The fourth-order valence-corrected chi connectivity index (χ4v) is 5.83. The maximum atomic E-state index is 13.7. The number of nitrogens with one attached hydrogen (secondary N) is 1. The van der Waals surface area contributed by atoms with Crippen LogP contribution in [0.15, 0.2) is 57.5 Å². The first-order valence-electron chi connectivity index (χ1n) is 10.6. The highest BCUT2D eigenvalue weighted by Gasteiger charge is 2.60. The molecule has 1 amide bonds. The molecule has 0 saturated carbocycles. The van der Waals surface area contributed by atoms with E-state index >= 15 is 0 Å². The normalized spacial score (nSPS) is 21.8. The number of rotatable bonds is 1. The summed E-state index contributed by atoms with van der Waals surface area (Å²) < 4.78 is 0.771. The number of ketones is 1. The van der Waals surface area contributed by atoms with Crippen LogP contribution in [0.3, 0.4) is 0 Å². The van der Waals surface area contributed by atoms with Crippen molar-refractivity contribution in [2.75, 3.05) is 10.2 Å². The fourth-order valence-electron chi connectivity index (χ4n) is 5.25. The van der Waals surface area contributed by atoms with Crippen molar-refractivity contribution in [1.82, 2.24) is 0 Å². The van der Waals surface area contributed by atoms with Gasteiger partial charge in [0, 0.05) is 32.7 Å². The Morgan fingerprint density at radius 3 is 2.70 bits per heavy atom. The van der Waals surface area contributed by atoms with Crippen LogP contribution in [0, 0.1) is 25.2 Å². The van der Waals surface area contributed by atoms with E-state index in [1.165, 1.54) is 0 Å². The van der Waals surface area contributed by atoms with Crippen molar-refractivity contribution >= 4 is 50.6 Å². The third-order valence-electron chi connectivity index (χ3n) is 6.74. The second-order valence-electron chi connectivity index (χ2n) is 8.56. The molecular weight excluding hydrogens is 504 g/mol. The molecule has 0 bridgehead atoms. The van der Waals surface area contributed by atoms with Crippen LogP contribution in [-0.2, 0) is 15.0 Å². The Bertz CT molecular complexity index is 1390. The van der Waals surface area contributed by atoms with Crippen LogP contribution in [-0.4, -0.2) is 11.7 Å². The molecule has 2 aromatic carbocycles. The molecule has 0 aromatic heterocycles. The van der Waals surface area contributed by atoms with E-state index in [1.807, 2.05) is 25.1 Å². The highest BCUT2D eigenvalue weighted by atomic mass is 79.9. The van der Waals surface area contributed by atoms with Gasteiger partial charge in [-0.05, 0) is 71.9 Å². The molecule has 1 aliphatic carbocycles. The topological polar surface area (TPSA) is 99.2 Å². The molecule has 3 N–H and O–H groups in total. The Morgan fingerprint density at radius 2 is 1.97 bits per heavy atom. The molecule has 2 aromatic rings. The number of amides is 1. The average molecular weight is 524 g/mol. The quantitative estimate of drug-likeness (QED) is 0.540. The van der Waals surface area contributed by atoms with Crippen LogP contribution in [0.25, 0.3) is 0 Å². The van der Waals surface area contributed by atoms with Crippen molar-refractivity contribution in [2.45, 2.75) is 38.5 Å². The van der Waals surface area contributed by atoms with Gasteiger partial charge >= 0.3 is 0 Å². The molecule has 33 heavy (non-hydrogen) atoms. The fraction of sp³-hybridized carbons (Fsp3) is 0.240. The van der Waals surface area contributed by atoms with Gasteiger partial charge in [0.05, 0.1) is 16.9 Å². The van der Waals surface area contributed by atoms with E-state index in [-0.39, 0.29) is 17.2 Å². The smallest absolute Gasteiger partial charge is 0.245 e. The number of benzene rings is 2. The largest absolute Gasteiger partial charge is 0.384 e. The van der Waals surface area contributed by atoms with Gasteiger partial charge in [-0.3, -0.25) is 14.5 Å². The van der Waals surface area contributed by atoms with Crippen molar-refractivity contribution in [3.8, 4) is 6.07 Å². The summed E-state index contributed by atoms with van der Waals surface area (Å²) in [6.07, 6.45) is 1.49. The maximum absolute atomic E-state index is 13.7. The second kappa shape index (κ2) is 7.47. The summed E-state index contributed by atoms with van der Waals surface area (Å²) >= 11 is 9.92. The van der Waals surface area contributed by atoms with Crippen LogP contribution in [0.4, 0.5) is 11.4 Å². The van der Waals surface area contributed by atoms with Crippen molar-refractivity contribution in [3.63, 3.8) is 0 Å². The van der Waals surface area contributed by atoms with Crippen LogP contribution in [0.5, 0.6) is 0 Å². The van der Waals surface area contributed by atoms with Gasteiger partial charge < -0.3 is 11.1 Å². The predicted octanol–water partition coefficient (Wildman–Crippen LogP) is 5.13. The minimum absolute atomic E-state index is 0.0443. The molecule has 166 valence electrons. The Morgan fingerprint density at radius 1 is 1.21 bits per heavy atom. The number of carbonyl (C=O) groups excluding carboxylic acids is 2.